The quantitative estimate of drug-likeness (QED) is 0.672. The molecule has 0 spiro atoms. The van der Waals surface area contributed by atoms with Crippen molar-refractivity contribution in [2.75, 3.05) is 25.5 Å². The molecule has 2 aromatic rings. The number of anilines is 1. The van der Waals surface area contributed by atoms with Crippen molar-refractivity contribution < 1.29 is 13.2 Å². The number of halogens is 1. The first-order chi connectivity index (χ1) is 14.6. The van der Waals surface area contributed by atoms with Gasteiger partial charge in [-0.3, -0.25) is 4.79 Å². The van der Waals surface area contributed by atoms with Gasteiger partial charge in [-0.15, -0.1) is 0 Å². The second kappa shape index (κ2) is 9.69. The monoisotopic (exact) mass is 463 g/mol. The van der Waals surface area contributed by atoms with Gasteiger partial charge in [0.25, 0.3) is 5.91 Å². The Bertz CT molecular complexity index is 1060. The molecule has 1 aliphatic heterocycles. The molecule has 1 aliphatic rings. The summed E-state index contributed by atoms with van der Waals surface area (Å²) in [4.78, 5) is 15.0. The van der Waals surface area contributed by atoms with Crippen LogP contribution in [0.1, 0.15) is 41.3 Å². The molecule has 31 heavy (non-hydrogen) atoms. The van der Waals surface area contributed by atoms with Gasteiger partial charge >= 0.3 is 0 Å². The number of amides is 1. The number of hydrogen-bond donors (Lipinski definition) is 2. The van der Waals surface area contributed by atoms with Gasteiger partial charge in [0.1, 0.15) is 0 Å². The molecular formula is C23H30ClN3O3S. The van der Waals surface area contributed by atoms with E-state index >= 15 is 0 Å². The first kappa shape index (κ1) is 23.7. The van der Waals surface area contributed by atoms with Gasteiger partial charge in [-0.2, -0.15) is 0 Å². The van der Waals surface area contributed by atoms with E-state index in [-0.39, 0.29) is 21.9 Å². The minimum atomic E-state index is -3.74. The number of carbonyl (C=O) groups excluding carboxylic acids is 1. The summed E-state index contributed by atoms with van der Waals surface area (Å²) in [5.41, 5.74) is 2.18. The van der Waals surface area contributed by atoms with Crippen molar-refractivity contribution in [2.45, 2.75) is 44.6 Å². The molecule has 6 nitrogen and oxygen atoms in total. The highest BCUT2D eigenvalue weighted by atomic mass is 35.5. The molecule has 168 valence electrons. The van der Waals surface area contributed by atoms with Gasteiger partial charge in [-0.1, -0.05) is 29.8 Å². The van der Waals surface area contributed by atoms with E-state index in [1.165, 1.54) is 6.07 Å². The van der Waals surface area contributed by atoms with E-state index in [0.29, 0.717) is 22.7 Å². The normalized spacial score (nSPS) is 16.8. The van der Waals surface area contributed by atoms with Gasteiger partial charge in [-0.05, 0) is 89.0 Å². The van der Waals surface area contributed by atoms with Gasteiger partial charge in [0.05, 0.1) is 15.6 Å². The fourth-order valence-corrected chi connectivity index (χ4v) is 5.83. The maximum Gasteiger partial charge on any atom is 0.255 e. The van der Waals surface area contributed by atoms with Gasteiger partial charge < -0.3 is 10.2 Å². The lowest BCUT2D eigenvalue weighted by Crippen LogP contribution is -2.43. The molecule has 3 rings (SSSR count). The summed E-state index contributed by atoms with van der Waals surface area (Å²) in [7, 11) is -1.66. The van der Waals surface area contributed by atoms with Crippen LogP contribution in [0, 0.1) is 19.8 Å². The number of hydrogen-bond acceptors (Lipinski definition) is 4. The summed E-state index contributed by atoms with van der Waals surface area (Å²) in [6.45, 7) is 7.37. The van der Waals surface area contributed by atoms with Crippen LogP contribution in [0.15, 0.2) is 41.3 Å². The second-order valence-corrected chi connectivity index (χ2v) is 10.4. The van der Waals surface area contributed by atoms with E-state index in [2.05, 4.69) is 22.0 Å². The van der Waals surface area contributed by atoms with Gasteiger partial charge in [0, 0.05) is 11.6 Å². The van der Waals surface area contributed by atoms with E-state index in [9.17, 15) is 13.2 Å². The first-order valence-electron chi connectivity index (χ1n) is 10.5. The van der Waals surface area contributed by atoms with Crippen LogP contribution in [0.2, 0.25) is 5.02 Å². The van der Waals surface area contributed by atoms with Crippen molar-refractivity contribution >= 4 is 33.2 Å². The largest absolute Gasteiger partial charge is 0.321 e. The number of nitrogens with one attached hydrogen (secondary N) is 2. The predicted octanol–water partition coefficient (Wildman–Crippen LogP) is 4.22. The Morgan fingerprint density at radius 1 is 1.13 bits per heavy atom. The molecule has 2 N–H and O–H groups in total. The highest BCUT2D eigenvalue weighted by Crippen LogP contribution is 2.32. The summed E-state index contributed by atoms with van der Waals surface area (Å²) >= 11 is 6.46. The molecule has 1 saturated heterocycles. The zero-order valence-electron chi connectivity index (χ0n) is 18.4. The number of rotatable bonds is 6. The predicted molar refractivity (Wildman–Crippen MR) is 125 cm³/mol. The maximum atomic E-state index is 13.1. The van der Waals surface area contributed by atoms with Crippen molar-refractivity contribution in [1.29, 1.82) is 0 Å². The number of likely N-dealkylation sites (tertiary alicyclic amines) is 1. The molecule has 0 aromatic heterocycles. The van der Waals surface area contributed by atoms with E-state index in [1.807, 2.05) is 26.0 Å². The fraction of sp³-hybridized carbons (Fsp3) is 0.435. The van der Waals surface area contributed by atoms with Crippen molar-refractivity contribution in [3.63, 3.8) is 0 Å². The molecule has 0 bridgehead atoms. The van der Waals surface area contributed by atoms with Crippen LogP contribution in [-0.4, -0.2) is 45.4 Å². The van der Waals surface area contributed by atoms with Crippen molar-refractivity contribution in [3.8, 4) is 0 Å². The smallest absolute Gasteiger partial charge is 0.255 e. The fourth-order valence-electron chi connectivity index (χ4n) is 4.01. The van der Waals surface area contributed by atoms with Gasteiger partial charge in [0.2, 0.25) is 10.0 Å². The van der Waals surface area contributed by atoms with Crippen molar-refractivity contribution in [2.24, 2.45) is 5.92 Å². The van der Waals surface area contributed by atoms with Crippen LogP contribution >= 0.6 is 11.6 Å². The molecule has 1 fully saturated rings. The third-order valence-corrected chi connectivity index (χ3v) is 8.27. The average Bonchev–Trinajstić information content (AvgIpc) is 2.71. The Kier molecular flexibility index (Phi) is 7.42. The lowest BCUT2D eigenvalue weighted by Gasteiger charge is -2.33. The Balaban J connectivity index is 1.77. The van der Waals surface area contributed by atoms with E-state index in [1.54, 1.807) is 25.1 Å². The highest BCUT2D eigenvalue weighted by molar-refractivity contribution is 7.89. The Hall–Kier alpha value is -1.93. The van der Waals surface area contributed by atoms with Gasteiger partial charge in [0.15, 0.2) is 0 Å². The summed E-state index contributed by atoms with van der Waals surface area (Å²) in [5, 5.41) is 3.01. The van der Waals surface area contributed by atoms with E-state index in [4.69, 9.17) is 11.6 Å². The van der Waals surface area contributed by atoms with Crippen molar-refractivity contribution in [3.05, 3.63) is 58.1 Å². The topological polar surface area (TPSA) is 78.5 Å². The van der Waals surface area contributed by atoms with E-state index in [0.717, 1.165) is 31.5 Å². The zero-order chi connectivity index (χ0) is 22.8. The number of benzene rings is 2. The third kappa shape index (κ3) is 5.47. The lowest BCUT2D eigenvalue weighted by atomic mass is 9.91. The molecule has 0 radical (unpaired) electrons. The Morgan fingerprint density at radius 3 is 2.42 bits per heavy atom. The van der Waals surface area contributed by atoms with Crippen LogP contribution in [-0.2, 0) is 10.0 Å². The van der Waals surface area contributed by atoms with Crippen LogP contribution in [0.5, 0.6) is 0 Å². The van der Waals surface area contributed by atoms with Gasteiger partial charge in [-0.25, -0.2) is 13.1 Å². The van der Waals surface area contributed by atoms with Crippen LogP contribution in [0.25, 0.3) is 0 Å². The lowest BCUT2D eigenvalue weighted by molar-refractivity contribution is 0.102. The number of sulfonamides is 1. The minimum Gasteiger partial charge on any atom is -0.321 e. The molecule has 2 aromatic carbocycles. The molecule has 1 atom stereocenters. The average molecular weight is 464 g/mol. The Morgan fingerprint density at radius 2 is 1.77 bits per heavy atom. The summed E-state index contributed by atoms with van der Waals surface area (Å²) in [6.07, 6.45) is 1.92. The molecular weight excluding hydrogens is 434 g/mol. The van der Waals surface area contributed by atoms with Crippen LogP contribution in [0.4, 0.5) is 5.69 Å². The first-order valence-corrected chi connectivity index (χ1v) is 12.3. The van der Waals surface area contributed by atoms with Crippen LogP contribution in [0.3, 0.4) is 0 Å². The standard InChI is InChI=1S/C23H30ClN3O3S/c1-15-7-5-6-8-19(15)23(28)25-20-9-10-21(16(2)22(20)24)31(29,30)26-17(3)18-11-13-27(4)14-12-18/h5-10,17-18,26H,11-14H2,1-4H3,(H,25,28). The summed E-state index contributed by atoms with van der Waals surface area (Å²) in [5.74, 6) is 0.0125. The zero-order valence-corrected chi connectivity index (χ0v) is 20.0. The number of piperidine rings is 1. The summed E-state index contributed by atoms with van der Waals surface area (Å²) < 4.78 is 28.9. The van der Waals surface area contributed by atoms with E-state index < -0.39 is 10.0 Å². The molecule has 1 unspecified atom stereocenters. The Labute approximate surface area is 190 Å². The molecule has 0 aliphatic carbocycles. The highest BCUT2D eigenvalue weighted by Gasteiger charge is 2.28. The maximum absolute atomic E-state index is 13.1. The number of aryl methyl sites for hydroxylation is 1. The number of carbonyl (C=O) groups is 1. The SMILES string of the molecule is Cc1ccccc1C(=O)Nc1ccc(S(=O)(=O)NC(C)C2CCN(C)CC2)c(C)c1Cl. The third-order valence-electron chi connectivity index (χ3n) is 6.08. The second-order valence-electron chi connectivity index (χ2n) is 8.37. The number of nitrogens with zero attached hydrogens (tertiary/aromatic N) is 1. The van der Waals surface area contributed by atoms with Crippen molar-refractivity contribution in [1.82, 2.24) is 9.62 Å². The molecule has 0 saturated carbocycles. The summed E-state index contributed by atoms with van der Waals surface area (Å²) in [6, 6.07) is 10.1. The molecule has 1 amide bonds. The van der Waals surface area contributed by atoms with Crippen LogP contribution < -0.4 is 10.0 Å². The molecule has 8 heteroatoms. The molecule has 1 heterocycles. The minimum absolute atomic E-state index is 0.131.